The van der Waals surface area contributed by atoms with E-state index in [9.17, 15) is 9.59 Å². The minimum Gasteiger partial charge on any atom is -0.295 e. The monoisotopic (exact) mass is 453 g/mol. The minimum absolute atomic E-state index is 0.243. The molecule has 1 aliphatic heterocycles. The highest BCUT2D eigenvalue weighted by atomic mass is 16.2. The van der Waals surface area contributed by atoms with E-state index in [0.29, 0.717) is 0 Å². The SMILES string of the molecule is O=C1NC(=O)C2C(c3ccccc3)=C(c3ccccc3)C(c3ccccc3)=C(c3ccccc3)C12. The van der Waals surface area contributed by atoms with Gasteiger partial charge >= 0.3 is 0 Å². The largest absolute Gasteiger partial charge is 0.295 e. The van der Waals surface area contributed by atoms with Crippen LogP contribution in [-0.4, -0.2) is 11.8 Å². The van der Waals surface area contributed by atoms with Gasteiger partial charge in [0.2, 0.25) is 11.8 Å². The van der Waals surface area contributed by atoms with Gasteiger partial charge < -0.3 is 0 Å². The molecule has 0 bridgehead atoms. The fourth-order valence-electron chi connectivity index (χ4n) is 5.45. The first-order valence-corrected chi connectivity index (χ1v) is 11.8. The second-order valence-electron chi connectivity index (χ2n) is 8.85. The van der Waals surface area contributed by atoms with Crippen LogP contribution >= 0.6 is 0 Å². The van der Waals surface area contributed by atoms with Gasteiger partial charge in [-0.05, 0) is 44.5 Å². The lowest BCUT2D eigenvalue weighted by atomic mass is 9.66. The Morgan fingerprint density at radius 1 is 0.400 bits per heavy atom. The van der Waals surface area contributed by atoms with Crippen molar-refractivity contribution in [3.05, 3.63) is 144 Å². The Labute approximate surface area is 204 Å². The predicted octanol–water partition coefficient (Wildman–Crippen LogP) is 6.11. The molecule has 2 atom stereocenters. The average molecular weight is 454 g/mol. The lowest BCUT2D eigenvalue weighted by molar-refractivity contribution is -0.125. The van der Waals surface area contributed by atoms with Crippen molar-refractivity contribution < 1.29 is 9.59 Å². The van der Waals surface area contributed by atoms with Gasteiger partial charge in [-0.15, -0.1) is 0 Å². The van der Waals surface area contributed by atoms with Crippen LogP contribution in [0, 0.1) is 11.8 Å². The van der Waals surface area contributed by atoms with Crippen LogP contribution in [0.4, 0.5) is 0 Å². The van der Waals surface area contributed by atoms with Crippen LogP contribution in [0.25, 0.3) is 22.3 Å². The first-order chi connectivity index (χ1) is 17.2. The standard InChI is InChI=1S/C32H23NO2/c34-31-29-27(23-17-9-3-10-18-23)25(21-13-5-1-6-14-21)26(22-15-7-2-8-16-22)28(30(29)32(35)33-31)24-19-11-4-12-20-24/h1-20,29-30H,(H,33,34,35). The number of hydrogen-bond acceptors (Lipinski definition) is 2. The first-order valence-electron chi connectivity index (χ1n) is 11.8. The molecule has 1 saturated heterocycles. The number of amides is 2. The number of benzene rings is 4. The van der Waals surface area contributed by atoms with Gasteiger partial charge in [0, 0.05) is 0 Å². The molecule has 0 aromatic heterocycles. The summed E-state index contributed by atoms with van der Waals surface area (Å²) in [5, 5.41) is 2.66. The average Bonchev–Trinajstić information content (AvgIpc) is 3.22. The van der Waals surface area contributed by atoms with Crippen molar-refractivity contribution in [3.8, 4) is 0 Å². The molecule has 2 aliphatic rings. The highest BCUT2D eigenvalue weighted by Gasteiger charge is 2.51. The third-order valence-electron chi connectivity index (χ3n) is 6.85. The van der Waals surface area contributed by atoms with Crippen molar-refractivity contribution in [3.63, 3.8) is 0 Å². The molecule has 3 heteroatoms. The molecule has 0 radical (unpaired) electrons. The summed E-state index contributed by atoms with van der Waals surface area (Å²) in [6.07, 6.45) is 0. The van der Waals surface area contributed by atoms with Gasteiger partial charge in [0.1, 0.15) is 0 Å². The zero-order chi connectivity index (χ0) is 23.8. The summed E-state index contributed by atoms with van der Waals surface area (Å²) in [4.78, 5) is 26.8. The summed E-state index contributed by atoms with van der Waals surface area (Å²) >= 11 is 0. The molecule has 3 nitrogen and oxygen atoms in total. The Hall–Kier alpha value is -4.50. The van der Waals surface area contributed by atoms with Crippen molar-refractivity contribution in [2.24, 2.45) is 11.8 Å². The minimum atomic E-state index is -0.609. The summed E-state index contributed by atoms with van der Waals surface area (Å²) in [5.41, 5.74) is 7.71. The van der Waals surface area contributed by atoms with E-state index in [2.05, 4.69) is 29.6 Å². The summed E-state index contributed by atoms with van der Waals surface area (Å²) in [5.74, 6) is -1.70. The number of nitrogens with one attached hydrogen (secondary N) is 1. The molecule has 168 valence electrons. The summed E-state index contributed by atoms with van der Waals surface area (Å²) in [6.45, 7) is 0. The summed E-state index contributed by atoms with van der Waals surface area (Å²) in [7, 11) is 0. The maximum atomic E-state index is 13.4. The van der Waals surface area contributed by atoms with E-state index < -0.39 is 11.8 Å². The van der Waals surface area contributed by atoms with Crippen molar-refractivity contribution in [1.29, 1.82) is 0 Å². The smallest absolute Gasteiger partial charge is 0.235 e. The third kappa shape index (κ3) is 3.53. The van der Waals surface area contributed by atoms with Crippen molar-refractivity contribution in [2.45, 2.75) is 0 Å². The van der Waals surface area contributed by atoms with E-state index in [0.717, 1.165) is 44.5 Å². The maximum Gasteiger partial charge on any atom is 0.235 e. The number of imide groups is 1. The van der Waals surface area contributed by atoms with Crippen LogP contribution in [-0.2, 0) is 9.59 Å². The third-order valence-corrected chi connectivity index (χ3v) is 6.85. The molecule has 2 unspecified atom stereocenters. The number of carbonyl (C=O) groups excluding carboxylic acids is 2. The summed E-state index contributed by atoms with van der Waals surface area (Å²) in [6, 6.07) is 40.3. The molecule has 1 heterocycles. The Morgan fingerprint density at radius 3 is 1.00 bits per heavy atom. The van der Waals surface area contributed by atoms with Crippen molar-refractivity contribution >= 4 is 34.1 Å². The molecule has 0 spiro atoms. The second-order valence-corrected chi connectivity index (χ2v) is 8.85. The number of fused-ring (bicyclic) bond motifs is 1. The fourth-order valence-corrected chi connectivity index (χ4v) is 5.45. The number of allylic oxidation sites excluding steroid dienone is 2. The second kappa shape index (κ2) is 8.69. The Balaban J connectivity index is 1.81. The normalized spacial score (nSPS) is 19.5. The van der Waals surface area contributed by atoms with Crippen LogP contribution < -0.4 is 5.32 Å². The van der Waals surface area contributed by atoms with Gasteiger partial charge in [0.05, 0.1) is 11.8 Å². The lowest BCUT2D eigenvalue weighted by Crippen LogP contribution is -2.26. The Bertz CT molecular complexity index is 1360. The van der Waals surface area contributed by atoms with Gasteiger partial charge in [-0.25, -0.2) is 0 Å². The number of carbonyl (C=O) groups is 2. The zero-order valence-corrected chi connectivity index (χ0v) is 19.0. The lowest BCUT2D eigenvalue weighted by Gasteiger charge is -2.34. The molecule has 4 aromatic carbocycles. The molecule has 4 aromatic rings. The first kappa shape index (κ1) is 21.1. The molecular formula is C32H23NO2. The molecular weight excluding hydrogens is 430 g/mol. The Morgan fingerprint density at radius 2 is 0.686 bits per heavy atom. The molecule has 35 heavy (non-hydrogen) atoms. The van der Waals surface area contributed by atoms with E-state index in [1.807, 2.05) is 97.1 Å². The maximum absolute atomic E-state index is 13.4. The van der Waals surface area contributed by atoms with Crippen LogP contribution in [0.5, 0.6) is 0 Å². The van der Waals surface area contributed by atoms with Crippen LogP contribution in [0.3, 0.4) is 0 Å². The van der Waals surface area contributed by atoms with Gasteiger partial charge in [-0.1, -0.05) is 121 Å². The number of hydrogen-bond donors (Lipinski definition) is 1. The van der Waals surface area contributed by atoms with E-state index in [1.54, 1.807) is 0 Å². The van der Waals surface area contributed by atoms with E-state index in [4.69, 9.17) is 0 Å². The van der Waals surface area contributed by atoms with Gasteiger partial charge in [0.15, 0.2) is 0 Å². The quantitative estimate of drug-likeness (QED) is 0.379. The number of rotatable bonds is 4. The van der Waals surface area contributed by atoms with Crippen LogP contribution in [0.15, 0.2) is 121 Å². The molecule has 2 amide bonds. The van der Waals surface area contributed by atoms with Gasteiger partial charge in [0.25, 0.3) is 0 Å². The molecule has 0 saturated carbocycles. The van der Waals surface area contributed by atoms with E-state index >= 15 is 0 Å². The van der Waals surface area contributed by atoms with Crippen molar-refractivity contribution in [1.82, 2.24) is 5.32 Å². The van der Waals surface area contributed by atoms with E-state index in [-0.39, 0.29) is 11.8 Å². The highest BCUT2D eigenvalue weighted by Crippen LogP contribution is 2.55. The van der Waals surface area contributed by atoms with E-state index in [1.165, 1.54) is 0 Å². The van der Waals surface area contributed by atoms with Crippen LogP contribution in [0.2, 0.25) is 0 Å². The molecule has 1 N–H and O–H groups in total. The summed E-state index contributed by atoms with van der Waals surface area (Å²) < 4.78 is 0. The van der Waals surface area contributed by atoms with Crippen molar-refractivity contribution in [2.75, 3.05) is 0 Å². The highest BCUT2D eigenvalue weighted by molar-refractivity contribution is 6.31. The zero-order valence-electron chi connectivity index (χ0n) is 19.0. The van der Waals surface area contributed by atoms with Gasteiger partial charge in [-0.2, -0.15) is 0 Å². The molecule has 1 fully saturated rings. The Kier molecular flexibility index (Phi) is 5.23. The fraction of sp³-hybridized carbons (Fsp3) is 0.0625. The molecule has 6 rings (SSSR count). The predicted molar refractivity (Wildman–Crippen MR) is 140 cm³/mol. The molecule has 1 aliphatic carbocycles. The van der Waals surface area contributed by atoms with Gasteiger partial charge in [-0.3, -0.25) is 14.9 Å². The topological polar surface area (TPSA) is 46.2 Å². The van der Waals surface area contributed by atoms with Crippen LogP contribution in [0.1, 0.15) is 22.3 Å².